The molecule has 0 atom stereocenters. The quantitative estimate of drug-likeness (QED) is 0.701. The second kappa shape index (κ2) is 7.87. The van der Waals surface area contributed by atoms with E-state index in [0.29, 0.717) is 40.8 Å². The van der Waals surface area contributed by atoms with Crippen molar-refractivity contribution in [3.05, 3.63) is 64.6 Å². The van der Waals surface area contributed by atoms with Crippen LogP contribution in [-0.4, -0.2) is 36.9 Å². The second-order valence-corrected chi connectivity index (χ2v) is 7.48. The van der Waals surface area contributed by atoms with Crippen LogP contribution in [0.1, 0.15) is 24.8 Å². The summed E-state index contributed by atoms with van der Waals surface area (Å²) in [5.74, 6) is -0.923. The van der Waals surface area contributed by atoms with Crippen LogP contribution in [0.2, 0.25) is 5.02 Å². The maximum atomic E-state index is 13.5. The molecule has 2 aromatic carbocycles. The van der Waals surface area contributed by atoms with Gasteiger partial charge in [0.05, 0.1) is 18.4 Å². The molecule has 0 N–H and O–H groups in total. The number of ether oxygens (including phenoxy) is 1. The molecule has 4 rings (SSSR count). The van der Waals surface area contributed by atoms with Crippen LogP contribution in [0.25, 0.3) is 5.57 Å². The Morgan fingerprint density at radius 1 is 0.966 bits per heavy atom. The highest BCUT2D eigenvalue weighted by Crippen LogP contribution is 2.40. The Labute approximate surface area is 173 Å². The number of hydrogen-bond acceptors (Lipinski definition) is 4. The predicted octanol–water partition coefficient (Wildman–Crippen LogP) is 4.26. The van der Waals surface area contributed by atoms with Crippen LogP contribution in [0.3, 0.4) is 0 Å². The summed E-state index contributed by atoms with van der Waals surface area (Å²) in [4.78, 5) is 30.0. The lowest BCUT2D eigenvalue weighted by Crippen LogP contribution is -2.37. The molecule has 5 nitrogen and oxygen atoms in total. The summed E-state index contributed by atoms with van der Waals surface area (Å²) in [7, 11) is 1.47. The number of nitrogens with zero attached hydrogens (tertiary/aromatic N) is 2. The van der Waals surface area contributed by atoms with Crippen LogP contribution in [0.4, 0.5) is 10.1 Å². The van der Waals surface area contributed by atoms with Gasteiger partial charge in [-0.15, -0.1) is 0 Å². The van der Waals surface area contributed by atoms with Crippen LogP contribution >= 0.6 is 11.6 Å². The number of halogens is 2. The number of piperidine rings is 1. The molecule has 0 bridgehead atoms. The molecular weight excluding hydrogens is 395 g/mol. The number of rotatable bonds is 4. The van der Waals surface area contributed by atoms with Gasteiger partial charge < -0.3 is 9.64 Å². The molecule has 0 aromatic heterocycles. The van der Waals surface area contributed by atoms with Gasteiger partial charge in [-0.05, 0) is 55.2 Å². The lowest BCUT2D eigenvalue weighted by Gasteiger charge is -2.29. The van der Waals surface area contributed by atoms with Crippen LogP contribution < -0.4 is 9.64 Å². The standard InChI is InChI=1S/C22H20ClFN2O3/c1-29-18-10-7-15(23)13-17(18)26-21(27)19(14-5-8-16(24)9-6-14)20(22(26)28)25-11-3-2-4-12-25/h5-10,13H,2-4,11-12H2,1H3. The molecule has 1 fully saturated rings. The molecule has 7 heteroatoms. The lowest BCUT2D eigenvalue weighted by molar-refractivity contribution is -0.120. The second-order valence-electron chi connectivity index (χ2n) is 7.04. The molecule has 2 aliphatic heterocycles. The zero-order valence-electron chi connectivity index (χ0n) is 16.0. The Kier molecular flexibility index (Phi) is 5.28. The smallest absolute Gasteiger partial charge is 0.282 e. The molecule has 2 aromatic rings. The molecule has 0 spiro atoms. The largest absolute Gasteiger partial charge is 0.495 e. The van der Waals surface area contributed by atoms with Gasteiger partial charge in [0.25, 0.3) is 11.8 Å². The molecular formula is C22H20ClFN2O3. The van der Waals surface area contributed by atoms with Crippen LogP contribution in [0, 0.1) is 5.82 Å². The van der Waals surface area contributed by atoms with E-state index in [1.165, 1.54) is 37.4 Å². The van der Waals surface area contributed by atoms with Gasteiger partial charge in [0.1, 0.15) is 17.3 Å². The van der Waals surface area contributed by atoms with Gasteiger partial charge in [-0.2, -0.15) is 0 Å². The highest BCUT2D eigenvalue weighted by molar-refractivity contribution is 6.46. The van der Waals surface area contributed by atoms with Crippen molar-refractivity contribution in [1.82, 2.24) is 4.90 Å². The minimum absolute atomic E-state index is 0.277. The number of imide groups is 1. The molecule has 29 heavy (non-hydrogen) atoms. The first-order valence-corrected chi connectivity index (χ1v) is 9.86. The van der Waals surface area contributed by atoms with Crippen molar-refractivity contribution in [2.45, 2.75) is 19.3 Å². The van der Waals surface area contributed by atoms with E-state index in [-0.39, 0.29) is 5.57 Å². The molecule has 150 valence electrons. The van der Waals surface area contributed by atoms with Gasteiger partial charge >= 0.3 is 0 Å². The number of likely N-dealkylation sites (tertiary alicyclic amines) is 1. The van der Waals surface area contributed by atoms with Crippen LogP contribution in [0.5, 0.6) is 5.75 Å². The minimum atomic E-state index is -0.470. The predicted molar refractivity (Wildman–Crippen MR) is 109 cm³/mol. The van der Waals surface area contributed by atoms with Crippen molar-refractivity contribution in [3.8, 4) is 5.75 Å². The number of carbonyl (C=O) groups excluding carboxylic acids is 2. The fraction of sp³-hybridized carbons (Fsp3) is 0.273. The SMILES string of the molecule is COc1ccc(Cl)cc1N1C(=O)C(c2ccc(F)cc2)=C(N2CCCCC2)C1=O. The fourth-order valence-corrected chi connectivity index (χ4v) is 4.03. The first kappa shape index (κ1) is 19.5. The van der Waals surface area contributed by atoms with Crippen molar-refractivity contribution in [1.29, 1.82) is 0 Å². The maximum Gasteiger partial charge on any atom is 0.282 e. The Bertz CT molecular complexity index is 998. The number of benzene rings is 2. The number of amides is 2. The average molecular weight is 415 g/mol. The fourth-order valence-electron chi connectivity index (χ4n) is 3.86. The number of anilines is 1. The Morgan fingerprint density at radius 3 is 2.31 bits per heavy atom. The summed E-state index contributed by atoms with van der Waals surface area (Å²) in [6.45, 7) is 1.39. The Hall–Kier alpha value is -2.86. The molecule has 2 heterocycles. The van der Waals surface area contributed by atoms with E-state index < -0.39 is 17.6 Å². The zero-order valence-corrected chi connectivity index (χ0v) is 16.7. The third-order valence-electron chi connectivity index (χ3n) is 5.25. The normalized spacial score (nSPS) is 17.3. The van der Waals surface area contributed by atoms with Crippen molar-refractivity contribution < 1.29 is 18.7 Å². The topological polar surface area (TPSA) is 49.9 Å². The molecule has 0 saturated carbocycles. The van der Waals surface area contributed by atoms with Gasteiger partial charge in [0, 0.05) is 18.1 Å². The summed E-state index contributed by atoms with van der Waals surface area (Å²) in [5.41, 5.74) is 1.43. The third kappa shape index (κ3) is 3.49. The van der Waals surface area contributed by atoms with Crippen molar-refractivity contribution in [2.75, 3.05) is 25.1 Å². The van der Waals surface area contributed by atoms with E-state index in [4.69, 9.17) is 16.3 Å². The summed E-state index contributed by atoms with van der Waals surface area (Å²) in [6, 6.07) is 10.4. The number of carbonyl (C=O) groups is 2. The monoisotopic (exact) mass is 414 g/mol. The van der Waals surface area contributed by atoms with Gasteiger partial charge in [-0.25, -0.2) is 9.29 Å². The van der Waals surface area contributed by atoms with Crippen LogP contribution in [-0.2, 0) is 9.59 Å². The molecule has 2 amide bonds. The Balaban J connectivity index is 1.86. The first-order valence-electron chi connectivity index (χ1n) is 9.48. The van der Waals surface area contributed by atoms with Gasteiger partial charge in [0.15, 0.2) is 0 Å². The van der Waals surface area contributed by atoms with Crippen molar-refractivity contribution in [2.24, 2.45) is 0 Å². The molecule has 0 aliphatic carbocycles. The van der Waals surface area contributed by atoms with Gasteiger partial charge in [0.2, 0.25) is 0 Å². The summed E-state index contributed by atoms with van der Waals surface area (Å²) in [5, 5.41) is 0.385. The lowest BCUT2D eigenvalue weighted by atomic mass is 10.0. The summed E-state index contributed by atoms with van der Waals surface area (Å²) < 4.78 is 18.8. The maximum absolute atomic E-state index is 13.5. The third-order valence-corrected chi connectivity index (χ3v) is 5.48. The minimum Gasteiger partial charge on any atom is -0.495 e. The van der Waals surface area contributed by atoms with E-state index in [0.717, 1.165) is 24.2 Å². The van der Waals surface area contributed by atoms with E-state index in [1.807, 2.05) is 4.90 Å². The van der Waals surface area contributed by atoms with E-state index in [2.05, 4.69) is 0 Å². The van der Waals surface area contributed by atoms with Gasteiger partial charge in [-0.1, -0.05) is 23.7 Å². The molecule has 1 saturated heterocycles. The number of hydrogen-bond donors (Lipinski definition) is 0. The summed E-state index contributed by atoms with van der Waals surface area (Å²) >= 11 is 6.13. The molecule has 2 aliphatic rings. The van der Waals surface area contributed by atoms with Crippen molar-refractivity contribution >= 4 is 34.7 Å². The average Bonchev–Trinajstić information content (AvgIpc) is 2.99. The molecule has 0 radical (unpaired) electrons. The zero-order chi connectivity index (χ0) is 20.5. The summed E-state index contributed by atoms with van der Waals surface area (Å²) in [6.07, 6.45) is 2.98. The highest BCUT2D eigenvalue weighted by Gasteiger charge is 2.43. The first-order chi connectivity index (χ1) is 14.0. The van der Waals surface area contributed by atoms with Gasteiger partial charge in [-0.3, -0.25) is 9.59 Å². The van der Waals surface area contributed by atoms with E-state index >= 15 is 0 Å². The number of methoxy groups -OCH3 is 1. The molecule has 0 unspecified atom stereocenters. The van der Waals surface area contributed by atoms with E-state index in [1.54, 1.807) is 12.1 Å². The highest BCUT2D eigenvalue weighted by atomic mass is 35.5. The van der Waals surface area contributed by atoms with Crippen LogP contribution in [0.15, 0.2) is 48.2 Å². The van der Waals surface area contributed by atoms with E-state index in [9.17, 15) is 14.0 Å². The Morgan fingerprint density at radius 2 is 1.66 bits per heavy atom. The van der Waals surface area contributed by atoms with Crippen molar-refractivity contribution in [3.63, 3.8) is 0 Å².